The van der Waals surface area contributed by atoms with Crippen LogP contribution < -0.4 is 0 Å². The van der Waals surface area contributed by atoms with E-state index in [2.05, 4.69) is 15.9 Å². The standard InChI is InChI=1S/C14H19N3O/c1-11-2-5-14(18-11)10-16-6-7-17(12-3-4-12)13(8-15)9-16/h2,5,12-13H,3-4,6-7,9-10H2,1H3. The maximum absolute atomic E-state index is 9.28. The monoisotopic (exact) mass is 245 g/mol. The summed E-state index contributed by atoms with van der Waals surface area (Å²) in [6, 6.07) is 7.22. The zero-order valence-corrected chi connectivity index (χ0v) is 10.8. The third kappa shape index (κ3) is 2.43. The van der Waals surface area contributed by atoms with Crippen LogP contribution in [0.5, 0.6) is 0 Å². The highest BCUT2D eigenvalue weighted by Crippen LogP contribution is 2.30. The van der Waals surface area contributed by atoms with Crippen LogP contribution in [0.1, 0.15) is 24.4 Å². The van der Waals surface area contributed by atoms with Gasteiger partial charge in [-0.15, -0.1) is 0 Å². The summed E-state index contributed by atoms with van der Waals surface area (Å²) < 4.78 is 5.60. The summed E-state index contributed by atoms with van der Waals surface area (Å²) in [7, 11) is 0. The molecule has 3 rings (SSSR count). The van der Waals surface area contributed by atoms with Crippen LogP contribution in [-0.4, -0.2) is 41.5 Å². The molecular formula is C14H19N3O. The Bertz CT molecular complexity index is 458. The Kier molecular flexibility index (Phi) is 3.11. The normalized spacial score (nSPS) is 26.1. The lowest BCUT2D eigenvalue weighted by atomic mass is 10.1. The third-order valence-electron chi connectivity index (χ3n) is 3.85. The van der Waals surface area contributed by atoms with E-state index in [1.165, 1.54) is 12.8 Å². The molecular weight excluding hydrogens is 226 g/mol. The molecule has 1 aromatic rings. The molecule has 4 heteroatoms. The van der Waals surface area contributed by atoms with Gasteiger partial charge < -0.3 is 4.42 Å². The van der Waals surface area contributed by atoms with Gasteiger partial charge in [0.1, 0.15) is 17.6 Å². The molecule has 1 aliphatic heterocycles. The molecule has 1 saturated heterocycles. The lowest BCUT2D eigenvalue weighted by molar-refractivity contribution is 0.0850. The molecule has 0 spiro atoms. The van der Waals surface area contributed by atoms with Crippen LogP contribution in [0.15, 0.2) is 16.5 Å². The van der Waals surface area contributed by atoms with Crippen molar-refractivity contribution in [2.24, 2.45) is 0 Å². The van der Waals surface area contributed by atoms with E-state index in [1.807, 2.05) is 19.1 Å². The number of hydrogen-bond acceptors (Lipinski definition) is 4. The van der Waals surface area contributed by atoms with Gasteiger partial charge in [-0.05, 0) is 31.9 Å². The molecule has 4 nitrogen and oxygen atoms in total. The minimum atomic E-state index is 0.0577. The highest BCUT2D eigenvalue weighted by Gasteiger charge is 2.37. The van der Waals surface area contributed by atoms with E-state index in [0.29, 0.717) is 6.04 Å². The minimum Gasteiger partial charge on any atom is -0.465 e. The van der Waals surface area contributed by atoms with E-state index in [4.69, 9.17) is 4.42 Å². The minimum absolute atomic E-state index is 0.0577. The second-order valence-corrected chi connectivity index (χ2v) is 5.36. The molecule has 0 radical (unpaired) electrons. The Labute approximate surface area is 108 Å². The molecule has 1 aromatic heterocycles. The molecule has 0 amide bonds. The third-order valence-corrected chi connectivity index (χ3v) is 3.85. The number of piperazine rings is 1. The van der Waals surface area contributed by atoms with Gasteiger partial charge in [0.25, 0.3) is 0 Å². The fraction of sp³-hybridized carbons (Fsp3) is 0.643. The van der Waals surface area contributed by atoms with Crippen LogP contribution in [0.2, 0.25) is 0 Å². The fourth-order valence-corrected chi connectivity index (χ4v) is 2.75. The summed E-state index contributed by atoms with van der Waals surface area (Å²) in [5, 5.41) is 9.28. The van der Waals surface area contributed by atoms with Crippen LogP contribution in [0, 0.1) is 18.3 Å². The number of nitrogens with zero attached hydrogens (tertiary/aromatic N) is 3. The molecule has 2 fully saturated rings. The van der Waals surface area contributed by atoms with Gasteiger partial charge in [-0.3, -0.25) is 9.80 Å². The Hall–Kier alpha value is -1.31. The molecule has 1 unspecified atom stereocenters. The second-order valence-electron chi connectivity index (χ2n) is 5.36. The zero-order chi connectivity index (χ0) is 12.5. The first-order valence-electron chi connectivity index (χ1n) is 6.69. The molecule has 18 heavy (non-hydrogen) atoms. The van der Waals surface area contributed by atoms with Crippen molar-refractivity contribution in [3.05, 3.63) is 23.7 Å². The van der Waals surface area contributed by atoms with E-state index in [0.717, 1.165) is 37.7 Å². The molecule has 96 valence electrons. The van der Waals surface area contributed by atoms with Crippen molar-refractivity contribution in [2.45, 2.75) is 38.4 Å². The highest BCUT2D eigenvalue weighted by atomic mass is 16.3. The van der Waals surface area contributed by atoms with Gasteiger partial charge in [-0.2, -0.15) is 5.26 Å². The molecule has 2 aliphatic rings. The quantitative estimate of drug-likeness (QED) is 0.814. The molecule has 0 aromatic carbocycles. The fourth-order valence-electron chi connectivity index (χ4n) is 2.75. The van der Waals surface area contributed by atoms with Gasteiger partial charge in [0, 0.05) is 25.7 Å². The van der Waals surface area contributed by atoms with Gasteiger partial charge >= 0.3 is 0 Å². The van der Waals surface area contributed by atoms with Gasteiger partial charge in [0.2, 0.25) is 0 Å². The van der Waals surface area contributed by atoms with Gasteiger partial charge in [0.05, 0.1) is 12.6 Å². The number of furan rings is 1. The molecule has 1 saturated carbocycles. The smallest absolute Gasteiger partial charge is 0.118 e. The zero-order valence-electron chi connectivity index (χ0n) is 10.8. The predicted molar refractivity (Wildman–Crippen MR) is 67.9 cm³/mol. The van der Waals surface area contributed by atoms with Crippen LogP contribution in [0.25, 0.3) is 0 Å². The Morgan fingerprint density at radius 1 is 1.39 bits per heavy atom. The molecule has 2 heterocycles. The van der Waals surface area contributed by atoms with Crippen molar-refractivity contribution in [3.8, 4) is 6.07 Å². The summed E-state index contributed by atoms with van der Waals surface area (Å²) >= 11 is 0. The molecule has 1 aliphatic carbocycles. The van der Waals surface area contributed by atoms with Crippen molar-refractivity contribution in [1.82, 2.24) is 9.80 Å². The van der Waals surface area contributed by atoms with E-state index >= 15 is 0 Å². The Morgan fingerprint density at radius 3 is 2.83 bits per heavy atom. The van der Waals surface area contributed by atoms with Gasteiger partial charge in [-0.25, -0.2) is 0 Å². The lowest BCUT2D eigenvalue weighted by Crippen LogP contribution is -2.52. The van der Waals surface area contributed by atoms with Gasteiger partial charge in [0.15, 0.2) is 0 Å². The Balaban J connectivity index is 1.60. The average molecular weight is 245 g/mol. The number of aryl methyl sites for hydroxylation is 1. The lowest BCUT2D eigenvalue weighted by Gasteiger charge is -2.38. The van der Waals surface area contributed by atoms with Crippen LogP contribution >= 0.6 is 0 Å². The van der Waals surface area contributed by atoms with Gasteiger partial charge in [-0.1, -0.05) is 0 Å². The highest BCUT2D eigenvalue weighted by molar-refractivity contribution is 5.07. The van der Waals surface area contributed by atoms with E-state index < -0.39 is 0 Å². The first kappa shape index (κ1) is 11.8. The maximum Gasteiger partial charge on any atom is 0.118 e. The number of hydrogen-bond donors (Lipinski definition) is 0. The largest absolute Gasteiger partial charge is 0.465 e. The average Bonchev–Trinajstić information content (AvgIpc) is 3.13. The SMILES string of the molecule is Cc1ccc(CN2CCN(C3CC3)C(C#N)C2)o1. The Morgan fingerprint density at radius 2 is 2.22 bits per heavy atom. The van der Waals surface area contributed by atoms with E-state index in [9.17, 15) is 5.26 Å². The van der Waals surface area contributed by atoms with Crippen LogP contribution in [0.3, 0.4) is 0 Å². The number of nitriles is 1. The second kappa shape index (κ2) is 4.75. The molecule has 1 atom stereocenters. The van der Waals surface area contributed by atoms with Crippen molar-refractivity contribution in [3.63, 3.8) is 0 Å². The maximum atomic E-state index is 9.28. The molecule has 0 N–H and O–H groups in total. The summed E-state index contributed by atoms with van der Waals surface area (Å²) in [5.74, 6) is 1.96. The van der Waals surface area contributed by atoms with Crippen molar-refractivity contribution in [1.29, 1.82) is 5.26 Å². The van der Waals surface area contributed by atoms with E-state index in [-0.39, 0.29) is 6.04 Å². The van der Waals surface area contributed by atoms with E-state index in [1.54, 1.807) is 0 Å². The molecule has 0 bridgehead atoms. The summed E-state index contributed by atoms with van der Waals surface area (Å²) in [4.78, 5) is 4.70. The van der Waals surface area contributed by atoms with Crippen molar-refractivity contribution in [2.75, 3.05) is 19.6 Å². The van der Waals surface area contributed by atoms with Crippen LogP contribution in [0.4, 0.5) is 0 Å². The summed E-state index contributed by atoms with van der Waals surface area (Å²) in [6.07, 6.45) is 2.55. The predicted octanol–water partition coefficient (Wildman–Crippen LogP) is 1.76. The van der Waals surface area contributed by atoms with Crippen molar-refractivity contribution < 1.29 is 4.42 Å². The summed E-state index contributed by atoms with van der Waals surface area (Å²) in [5.41, 5.74) is 0. The summed E-state index contributed by atoms with van der Waals surface area (Å²) in [6.45, 7) is 5.68. The van der Waals surface area contributed by atoms with Crippen LogP contribution in [-0.2, 0) is 6.54 Å². The first-order chi connectivity index (χ1) is 8.76. The first-order valence-corrected chi connectivity index (χ1v) is 6.69. The topological polar surface area (TPSA) is 43.4 Å². The number of rotatable bonds is 3. The van der Waals surface area contributed by atoms with Crippen molar-refractivity contribution >= 4 is 0 Å².